The maximum absolute atomic E-state index is 13.6. The number of halogens is 1. The smallest absolute Gasteiger partial charge is 0.263 e. The molecular formula is C27H33FN4O3S3. The molecule has 1 fully saturated rings. The number of hydrogen-bond donors (Lipinski definition) is 2. The van der Waals surface area contributed by atoms with Gasteiger partial charge in [0.05, 0.1) is 15.6 Å². The lowest BCUT2D eigenvalue weighted by atomic mass is 9.84. The Balaban J connectivity index is 1.31. The number of aryl methyl sites for hydroxylation is 1. The fourth-order valence-electron chi connectivity index (χ4n) is 5.55. The van der Waals surface area contributed by atoms with Gasteiger partial charge in [-0.05, 0) is 61.6 Å². The average Bonchev–Trinajstić information content (AvgIpc) is 3.64. The van der Waals surface area contributed by atoms with E-state index in [1.165, 1.54) is 28.1 Å². The zero-order chi connectivity index (χ0) is 26.6. The van der Waals surface area contributed by atoms with Crippen LogP contribution in [0, 0.1) is 18.7 Å². The third kappa shape index (κ3) is 6.27. The zero-order valence-electron chi connectivity index (χ0n) is 21.4. The summed E-state index contributed by atoms with van der Waals surface area (Å²) in [6.45, 7) is 3.72. The van der Waals surface area contributed by atoms with Crippen molar-refractivity contribution < 1.29 is 17.9 Å². The molecule has 1 aromatic carbocycles. The minimum atomic E-state index is -2.37. The van der Waals surface area contributed by atoms with Gasteiger partial charge in [-0.3, -0.25) is 9.35 Å². The molecule has 38 heavy (non-hydrogen) atoms. The Morgan fingerprint density at radius 1 is 1.29 bits per heavy atom. The number of thiazole rings is 1. The summed E-state index contributed by atoms with van der Waals surface area (Å²) in [6.07, 6.45) is 6.83. The Bertz CT molecular complexity index is 1290. The van der Waals surface area contributed by atoms with Gasteiger partial charge in [-0.1, -0.05) is 32.1 Å². The maximum Gasteiger partial charge on any atom is 0.263 e. The van der Waals surface area contributed by atoms with E-state index >= 15 is 0 Å². The van der Waals surface area contributed by atoms with Crippen LogP contribution in [0.4, 0.5) is 15.1 Å². The fourth-order valence-corrected chi connectivity index (χ4v) is 8.08. The van der Waals surface area contributed by atoms with Crippen LogP contribution < -0.4 is 14.5 Å². The second-order valence-corrected chi connectivity index (χ2v) is 13.0. The van der Waals surface area contributed by atoms with E-state index in [0.717, 1.165) is 65.5 Å². The topological polar surface area (TPSA) is 85.8 Å². The molecule has 2 N–H and O–H groups in total. The van der Waals surface area contributed by atoms with Crippen molar-refractivity contribution in [3.05, 3.63) is 52.1 Å². The predicted molar refractivity (Wildman–Crippen MR) is 154 cm³/mol. The van der Waals surface area contributed by atoms with E-state index in [1.54, 1.807) is 23.5 Å². The summed E-state index contributed by atoms with van der Waals surface area (Å²) < 4.78 is 38.0. The van der Waals surface area contributed by atoms with Crippen LogP contribution in [0.2, 0.25) is 0 Å². The van der Waals surface area contributed by atoms with Crippen LogP contribution >= 0.6 is 22.7 Å². The molecule has 7 nitrogen and oxygen atoms in total. The van der Waals surface area contributed by atoms with Crippen molar-refractivity contribution in [3.63, 3.8) is 0 Å². The van der Waals surface area contributed by atoms with E-state index in [9.17, 15) is 17.9 Å². The second-order valence-electron chi connectivity index (χ2n) is 10.0. The molecule has 2 unspecified atom stereocenters. The van der Waals surface area contributed by atoms with Crippen LogP contribution in [0.3, 0.4) is 0 Å². The normalized spacial score (nSPS) is 17.3. The van der Waals surface area contributed by atoms with Crippen LogP contribution in [0.25, 0.3) is 10.6 Å². The Kier molecular flexibility index (Phi) is 8.77. The van der Waals surface area contributed by atoms with Gasteiger partial charge in [-0.2, -0.15) is 0 Å². The van der Waals surface area contributed by atoms with Gasteiger partial charge in [0.1, 0.15) is 16.9 Å². The van der Waals surface area contributed by atoms with Crippen molar-refractivity contribution in [2.24, 2.45) is 5.92 Å². The molecule has 11 heteroatoms. The molecule has 3 heterocycles. The second kappa shape index (κ2) is 12.2. The molecule has 0 spiro atoms. The number of hydrogen-bond acceptors (Lipinski definition) is 6. The number of nitrogens with one attached hydrogen (secondary N) is 1. The van der Waals surface area contributed by atoms with E-state index in [2.05, 4.69) is 15.2 Å². The van der Waals surface area contributed by atoms with Crippen LogP contribution in [-0.2, 0) is 22.5 Å². The molecular weight excluding hydrogens is 544 g/mol. The Hall–Kier alpha value is -2.34. The van der Waals surface area contributed by atoms with Gasteiger partial charge < -0.3 is 10.2 Å². The summed E-state index contributed by atoms with van der Waals surface area (Å²) in [6, 6.07) is 7.78. The van der Waals surface area contributed by atoms with Gasteiger partial charge in [-0.15, -0.1) is 22.7 Å². The first-order valence-corrected chi connectivity index (χ1v) is 15.9. The molecule has 2 aliphatic rings. The van der Waals surface area contributed by atoms with E-state index in [0.29, 0.717) is 30.4 Å². The van der Waals surface area contributed by atoms with Crippen molar-refractivity contribution in [2.75, 3.05) is 28.8 Å². The van der Waals surface area contributed by atoms with Crippen molar-refractivity contribution in [3.8, 4) is 10.6 Å². The van der Waals surface area contributed by atoms with Gasteiger partial charge in [0.25, 0.3) is 11.3 Å². The number of carbonyl (C=O) groups excluding carboxylic acids is 1. The molecule has 204 valence electrons. The number of amides is 1. The first-order valence-electron chi connectivity index (χ1n) is 13.1. The third-order valence-electron chi connectivity index (χ3n) is 7.43. The fraction of sp³-hybridized carbons (Fsp3) is 0.481. The number of fused-ring (bicyclic) bond motifs is 1. The van der Waals surface area contributed by atoms with Gasteiger partial charge in [-0.25, -0.2) is 17.9 Å². The monoisotopic (exact) mass is 576 g/mol. The first-order chi connectivity index (χ1) is 18.4. The molecule has 1 saturated carbocycles. The number of rotatable bonds is 10. The highest BCUT2D eigenvalue weighted by molar-refractivity contribution is 7.81. The number of aromatic nitrogens is 1. The molecule has 0 saturated heterocycles. The quantitative estimate of drug-likeness (QED) is 0.299. The number of benzene rings is 1. The summed E-state index contributed by atoms with van der Waals surface area (Å²) in [5, 5.41) is 6.55. The molecule has 1 amide bonds. The highest BCUT2D eigenvalue weighted by Gasteiger charge is 2.34. The summed E-state index contributed by atoms with van der Waals surface area (Å²) >= 11 is 0.571. The van der Waals surface area contributed by atoms with Crippen LogP contribution in [0.5, 0.6) is 0 Å². The third-order valence-corrected chi connectivity index (χ3v) is 10.2. The van der Waals surface area contributed by atoms with E-state index in [-0.39, 0.29) is 11.7 Å². The number of anilines is 2. The Morgan fingerprint density at radius 3 is 2.84 bits per heavy atom. The number of nitrogens with zero attached hydrogens (tertiary/aromatic N) is 3. The van der Waals surface area contributed by atoms with E-state index in [4.69, 9.17) is 0 Å². The van der Waals surface area contributed by atoms with Gasteiger partial charge in [0.2, 0.25) is 5.91 Å². The minimum absolute atomic E-state index is 0.233. The predicted octanol–water partition coefficient (Wildman–Crippen LogP) is 5.78. The molecule has 2 aromatic heterocycles. The average molecular weight is 577 g/mol. The van der Waals surface area contributed by atoms with Crippen molar-refractivity contribution in [2.45, 2.75) is 57.9 Å². The Morgan fingerprint density at radius 2 is 2.11 bits per heavy atom. The van der Waals surface area contributed by atoms with Gasteiger partial charge >= 0.3 is 0 Å². The number of carbonyl (C=O) groups is 1. The summed E-state index contributed by atoms with van der Waals surface area (Å²) in [4.78, 5) is 21.2. The molecule has 0 radical (unpaired) electrons. The maximum atomic E-state index is 13.6. The molecule has 1 aliphatic carbocycles. The molecule has 2 atom stereocenters. The van der Waals surface area contributed by atoms with Crippen molar-refractivity contribution in [1.29, 1.82) is 0 Å². The SMILES string of the molecule is Cc1nc(-c2ccc(N(C(CC3CCCCC3)C(=O)NCCN3CCc4cc(F)ccc43)S(=O)O)s2)cs1. The lowest BCUT2D eigenvalue weighted by Crippen LogP contribution is -2.50. The summed E-state index contributed by atoms with van der Waals surface area (Å²) in [5.74, 6) is -0.134. The lowest BCUT2D eigenvalue weighted by Gasteiger charge is -2.32. The largest absolute Gasteiger partial charge is 0.369 e. The van der Waals surface area contributed by atoms with Crippen LogP contribution in [0.1, 0.15) is 49.1 Å². The minimum Gasteiger partial charge on any atom is -0.369 e. The Labute approximate surface area is 233 Å². The summed E-state index contributed by atoms with van der Waals surface area (Å²) in [7, 11) is 0. The van der Waals surface area contributed by atoms with Crippen molar-refractivity contribution in [1.82, 2.24) is 10.3 Å². The van der Waals surface area contributed by atoms with Crippen LogP contribution in [-0.4, -0.2) is 45.3 Å². The van der Waals surface area contributed by atoms with Crippen molar-refractivity contribution >= 4 is 50.5 Å². The lowest BCUT2D eigenvalue weighted by molar-refractivity contribution is -0.122. The molecule has 0 bridgehead atoms. The highest BCUT2D eigenvalue weighted by atomic mass is 32.2. The summed E-state index contributed by atoms with van der Waals surface area (Å²) in [5.41, 5.74) is 2.82. The highest BCUT2D eigenvalue weighted by Crippen LogP contribution is 2.37. The number of thiophene rings is 1. The van der Waals surface area contributed by atoms with E-state index in [1.807, 2.05) is 24.4 Å². The molecule has 1 aliphatic heterocycles. The van der Waals surface area contributed by atoms with Gasteiger partial charge in [0.15, 0.2) is 0 Å². The molecule has 5 rings (SSSR count). The standard InChI is InChI=1S/C27H33FN4O3S3/c1-18-30-22(17-36-18)25-9-10-26(37-25)32(38(34)35)24(15-19-5-3-2-4-6-19)27(33)29-12-14-31-13-11-20-16-21(28)7-8-23(20)31/h7-10,16-17,19,24H,2-6,11-15H2,1H3,(H,29,33)(H,34,35). The van der Waals surface area contributed by atoms with Crippen LogP contribution in [0.15, 0.2) is 35.7 Å². The van der Waals surface area contributed by atoms with Gasteiger partial charge in [0, 0.05) is 30.7 Å². The first kappa shape index (κ1) is 27.2. The molecule has 3 aromatic rings. The zero-order valence-corrected chi connectivity index (χ0v) is 23.8. The van der Waals surface area contributed by atoms with E-state index < -0.39 is 17.3 Å².